The van der Waals surface area contributed by atoms with E-state index in [0.29, 0.717) is 16.6 Å². The first-order valence-electron chi connectivity index (χ1n) is 6.10. The third-order valence-corrected chi connectivity index (χ3v) is 3.24. The van der Waals surface area contributed by atoms with Crippen molar-refractivity contribution in [3.8, 4) is 0 Å². The van der Waals surface area contributed by atoms with Crippen molar-refractivity contribution in [3.63, 3.8) is 0 Å². The zero-order valence-corrected chi connectivity index (χ0v) is 12.4. The number of amides is 1. The van der Waals surface area contributed by atoms with Gasteiger partial charge in [-0.3, -0.25) is 4.79 Å². The van der Waals surface area contributed by atoms with Gasteiger partial charge in [-0.1, -0.05) is 35.3 Å². The molecule has 2 aromatic carbocycles. The Labute approximate surface area is 127 Å². The summed E-state index contributed by atoms with van der Waals surface area (Å²) in [6, 6.07) is 12.9. The molecule has 3 nitrogen and oxygen atoms in total. The van der Waals surface area contributed by atoms with Crippen LogP contribution in [0.5, 0.6) is 0 Å². The average molecular weight is 309 g/mol. The lowest BCUT2D eigenvalue weighted by Gasteiger charge is -2.09. The standard InChI is InChI=1S/C15H14Cl2N2O/c1-10(20)19-13-5-2-11(3-6-13)9-18-15-7-4-12(16)8-14(15)17/h2-8,18H,9H2,1H3,(H,19,20). The molecule has 0 spiro atoms. The molecule has 0 unspecified atom stereocenters. The Morgan fingerprint density at radius 1 is 1.10 bits per heavy atom. The third kappa shape index (κ3) is 4.15. The summed E-state index contributed by atoms with van der Waals surface area (Å²) < 4.78 is 0. The first-order chi connectivity index (χ1) is 9.54. The lowest BCUT2D eigenvalue weighted by molar-refractivity contribution is -0.114. The summed E-state index contributed by atoms with van der Waals surface area (Å²) in [6.07, 6.45) is 0. The van der Waals surface area contributed by atoms with Crippen molar-refractivity contribution >= 4 is 40.5 Å². The molecule has 1 amide bonds. The van der Waals surface area contributed by atoms with Crippen molar-refractivity contribution in [1.29, 1.82) is 0 Å². The molecule has 0 heterocycles. The van der Waals surface area contributed by atoms with Gasteiger partial charge in [0.15, 0.2) is 0 Å². The van der Waals surface area contributed by atoms with Gasteiger partial charge >= 0.3 is 0 Å². The van der Waals surface area contributed by atoms with E-state index >= 15 is 0 Å². The van der Waals surface area contributed by atoms with Gasteiger partial charge in [-0.2, -0.15) is 0 Å². The summed E-state index contributed by atoms with van der Waals surface area (Å²) in [7, 11) is 0. The maximum atomic E-state index is 10.9. The monoisotopic (exact) mass is 308 g/mol. The number of benzene rings is 2. The fourth-order valence-corrected chi connectivity index (χ4v) is 2.21. The summed E-state index contributed by atoms with van der Waals surface area (Å²) >= 11 is 11.9. The Balaban J connectivity index is 1.98. The van der Waals surface area contributed by atoms with Crippen molar-refractivity contribution in [2.24, 2.45) is 0 Å². The Morgan fingerprint density at radius 2 is 1.80 bits per heavy atom. The van der Waals surface area contributed by atoms with Crippen LogP contribution in [0.15, 0.2) is 42.5 Å². The molecule has 0 saturated carbocycles. The normalized spacial score (nSPS) is 10.2. The minimum atomic E-state index is -0.0798. The number of hydrogen-bond acceptors (Lipinski definition) is 2. The second-order valence-electron chi connectivity index (χ2n) is 4.36. The van der Waals surface area contributed by atoms with Crippen LogP contribution >= 0.6 is 23.2 Å². The molecule has 2 N–H and O–H groups in total. The molecule has 0 aliphatic rings. The molecular formula is C15H14Cl2N2O. The molecule has 20 heavy (non-hydrogen) atoms. The Kier molecular flexibility index (Phi) is 4.88. The SMILES string of the molecule is CC(=O)Nc1ccc(CNc2ccc(Cl)cc2Cl)cc1. The van der Waals surface area contributed by atoms with E-state index in [2.05, 4.69) is 10.6 Å². The number of carbonyl (C=O) groups excluding carboxylic acids is 1. The maximum absolute atomic E-state index is 10.9. The van der Waals surface area contributed by atoms with Crippen molar-refractivity contribution in [3.05, 3.63) is 58.1 Å². The molecule has 0 radical (unpaired) electrons. The lowest BCUT2D eigenvalue weighted by atomic mass is 10.2. The van der Waals surface area contributed by atoms with Gasteiger partial charge in [0.05, 0.1) is 10.7 Å². The lowest BCUT2D eigenvalue weighted by Crippen LogP contribution is -2.06. The molecule has 104 valence electrons. The van der Waals surface area contributed by atoms with E-state index in [9.17, 15) is 4.79 Å². The molecule has 0 saturated heterocycles. The van der Waals surface area contributed by atoms with Gasteiger partial charge in [-0.15, -0.1) is 0 Å². The predicted octanol–water partition coefficient (Wildman–Crippen LogP) is 4.56. The van der Waals surface area contributed by atoms with Crippen molar-refractivity contribution in [1.82, 2.24) is 0 Å². The predicted molar refractivity (Wildman–Crippen MR) is 84.5 cm³/mol. The maximum Gasteiger partial charge on any atom is 0.221 e. The number of carbonyl (C=O) groups is 1. The smallest absolute Gasteiger partial charge is 0.221 e. The van der Waals surface area contributed by atoms with Crippen LogP contribution in [0.25, 0.3) is 0 Å². The highest BCUT2D eigenvalue weighted by Gasteiger charge is 2.01. The third-order valence-electron chi connectivity index (χ3n) is 2.69. The van der Waals surface area contributed by atoms with Crippen molar-refractivity contribution in [2.75, 3.05) is 10.6 Å². The van der Waals surface area contributed by atoms with Gasteiger partial charge < -0.3 is 10.6 Å². The highest BCUT2D eigenvalue weighted by Crippen LogP contribution is 2.25. The molecule has 0 aliphatic carbocycles. The summed E-state index contributed by atoms with van der Waals surface area (Å²) in [6.45, 7) is 2.12. The van der Waals surface area contributed by atoms with Gasteiger partial charge in [0, 0.05) is 24.2 Å². The molecule has 2 aromatic rings. The van der Waals surface area contributed by atoms with E-state index in [4.69, 9.17) is 23.2 Å². The summed E-state index contributed by atoms with van der Waals surface area (Å²) in [5.74, 6) is -0.0798. The van der Waals surface area contributed by atoms with E-state index in [-0.39, 0.29) is 5.91 Å². The van der Waals surface area contributed by atoms with Gasteiger partial charge in [0.1, 0.15) is 0 Å². The number of anilines is 2. The quantitative estimate of drug-likeness (QED) is 0.869. The number of nitrogens with one attached hydrogen (secondary N) is 2. The fourth-order valence-electron chi connectivity index (χ4n) is 1.74. The average Bonchev–Trinajstić information content (AvgIpc) is 2.39. The molecule has 0 aromatic heterocycles. The zero-order chi connectivity index (χ0) is 14.5. The van der Waals surface area contributed by atoms with Crippen molar-refractivity contribution in [2.45, 2.75) is 13.5 Å². The number of halogens is 2. The van der Waals surface area contributed by atoms with E-state index in [0.717, 1.165) is 16.9 Å². The number of rotatable bonds is 4. The Bertz CT molecular complexity index is 612. The Hall–Kier alpha value is -1.71. The molecule has 0 atom stereocenters. The van der Waals surface area contributed by atoms with Gasteiger partial charge in [-0.05, 0) is 35.9 Å². The van der Waals surface area contributed by atoms with Gasteiger partial charge in [0.2, 0.25) is 5.91 Å². The number of hydrogen-bond donors (Lipinski definition) is 2. The summed E-state index contributed by atoms with van der Waals surface area (Å²) in [5, 5.41) is 7.17. The van der Waals surface area contributed by atoms with Crippen LogP contribution in [0.3, 0.4) is 0 Å². The van der Waals surface area contributed by atoms with E-state index in [1.807, 2.05) is 30.3 Å². The van der Waals surface area contributed by atoms with Crippen molar-refractivity contribution < 1.29 is 4.79 Å². The first kappa shape index (κ1) is 14.7. The van der Waals surface area contributed by atoms with E-state index in [1.54, 1.807) is 12.1 Å². The second kappa shape index (κ2) is 6.64. The first-order valence-corrected chi connectivity index (χ1v) is 6.85. The van der Waals surface area contributed by atoms with Crippen LogP contribution < -0.4 is 10.6 Å². The van der Waals surface area contributed by atoms with Crippen LogP contribution in [0, 0.1) is 0 Å². The van der Waals surface area contributed by atoms with E-state index in [1.165, 1.54) is 6.92 Å². The van der Waals surface area contributed by atoms with Crippen LogP contribution in [-0.2, 0) is 11.3 Å². The molecule has 0 fully saturated rings. The van der Waals surface area contributed by atoms with Crippen LogP contribution in [0.4, 0.5) is 11.4 Å². The highest BCUT2D eigenvalue weighted by molar-refractivity contribution is 6.36. The molecule has 0 bridgehead atoms. The Morgan fingerprint density at radius 3 is 2.40 bits per heavy atom. The molecular weight excluding hydrogens is 295 g/mol. The van der Waals surface area contributed by atoms with Gasteiger partial charge in [-0.25, -0.2) is 0 Å². The minimum absolute atomic E-state index is 0.0798. The second-order valence-corrected chi connectivity index (χ2v) is 5.20. The van der Waals surface area contributed by atoms with Crippen LogP contribution in [0.1, 0.15) is 12.5 Å². The van der Waals surface area contributed by atoms with E-state index < -0.39 is 0 Å². The van der Waals surface area contributed by atoms with Crippen LogP contribution in [0.2, 0.25) is 10.0 Å². The highest BCUT2D eigenvalue weighted by atomic mass is 35.5. The molecule has 0 aliphatic heterocycles. The zero-order valence-electron chi connectivity index (χ0n) is 10.9. The molecule has 5 heteroatoms. The summed E-state index contributed by atoms with van der Waals surface area (Å²) in [4.78, 5) is 10.9. The topological polar surface area (TPSA) is 41.1 Å². The largest absolute Gasteiger partial charge is 0.380 e. The summed E-state index contributed by atoms with van der Waals surface area (Å²) in [5.41, 5.74) is 2.71. The molecule has 2 rings (SSSR count). The fraction of sp³-hybridized carbons (Fsp3) is 0.133. The van der Waals surface area contributed by atoms with Gasteiger partial charge in [0.25, 0.3) is 0 Å². The van der Waals surface area contributed by atoms with Crippen LogP contribution in [-0.4, -0.2) is 5.91 Å². The minimum Gasteiger partial charge on any atom is -0.380 e.